The van der Waals surface area contributed by atoms with Gasteiger partial charge in [0.2, 0.25) is 5.95 Å². The van der Waals surface area contributed by atoms with Crippen LogP contribution >= 0.6 is 11.3 Å². The van der Waals surface area contributed by atoms with Crippen LogP contribution in [-0.2, 0) is 6.54 Å². The first-order valence-corrected chi connectivity index (χ1v) is 5.92. The molecule has 0 unspecified atom stereocenters. The molecular formula is C11H14N4S. The highest BCUT2D eigenvalue weighted by Crippen LogP contribution is 2.17. The fourth-order valence-corrected chi connectivity index (χ4v) is 2.26. The third-order valence-electron chi connectivity index (χ3n) is 2.19. The molecule has 0 aliphatic carbocycles. The van der Waals surface area contributed by atoms with Crippen molar-refractivity contribution >= 4 is 17.3 Å². The van der Waals surface area contributed by atoms with Crippen LogP contribution in [0.5, 0.6) is 0 Å². The largest absolute Gasteiger partial charge is 0.349 e. The zero-order valence-corrected chi connectivity index (χ0v) is 10.4. The maximum atomic E-state index is 4.38. The Hall–Kier alpha value is -1.49. The Morgan fingerprint density at radius 3 is 2.44 bits per heavy atom. The minimum atomic E-state index is 0.663. The lowest BCUT2D eigenvalue weighted by molar-refractivity contribution is 1.04. The van der Waals surface area contributed by atoms with E-state index >= 15 is 0 Å². The highest BCUT2D eigenvalue weighted by Gasteiger charge is 2.04. The summed E-state index contributed by atoms with van der Waals surface area (Å²) in [5, 5.41) is 4.29. The van der Waals surface area contributed by atoms with Crippen LogP contribution in [0, 0.1) is 20.8 Å². The Kier molecular flexibility index (Phi) is 3.14. The van der Waals surface area contributed by atoms with E-state index in [0.29, 0.717) is 5.95 Å². The predicted molar refractivity (Wildman–Crippen MR) is 65.7 cm³/mol. The van der Waals surface area contributed by atoms with E-state index in [9.17, 15) is 0 Å². The van der Waals surface area contributed by atoms with Crippen LogP contribution in [0.1, 0.15) is 21.1 Å². The van der Waals surface area contributed by atoms with Crippen molar-refractivity contribution in [2.75, 3.05) is 5.32 Å². The molecule has 0 aliphatic rings. The van der Waals surface area contributed by atoms with E-state index < -0.39 is 0 Å². The van der Waals surface area contributed by atoms with E-state index in [4.69, 9.17) is 0 Å². The van der Waals surface area contributed by atoms with Crippen molar-refractivity contribution < 1.29 is 0 Å². The van der Waals surface area contributed by atoms with Crippen molar-refractivity contribution in [2.45, 2.75) is 27.3 Å². The molecular weight excluding hydrogens is 220 g/mol. The normalized spacial score (nSPS) is 10.4. The molecule has 2 heterocycles. The molecule has 2 aromatic rings. The highest BCUT2D eigenvalue weighted by atomic mass is 32.1. The van der Waals surface area contributed by atoms with Gasteiger partial charge in [-0.2, -0.15) is 0 Å². The average Bonchev–Trinajstić information content (AvgIpc) is 2.57. The van der Waals surface area contributed by atoms with E-state index in [-0.39, 0.29) is 0 Å². The lowest BCUT2D eigenvalue weighted by atomic mass is 10.4. The number of nitrogens with zero attached hydrogens (tertiary/aromatic N) is 3. The minimum absolute atomic E-state index is 0.663. The van der Waals surface area contributed by atoms with Gasteiger partial charge in [0.15, 0.2) is 0 Å². The quantitative estimate of drug-likeness (QED) is 0.886. The number of thiazole rings is 1. The highest BCUT2D eigenvalue weighted by molar-refractivity contribution is 7.11. The SMILES string of the molecule is Cc1cnc(NCc2sc(C)nc2C)nc1. The van der Waals surface area contributed by atoms with Crippen molar-refractivity contribution in [3.63, 3.8) is 0 Å². The fraction of sp³-hybridized carbons (Fsp3) is 0.364. The van der Waals surface area contributed by atoms with Crippen molar-refractivity contribution in [1.29, 1.82) is 0 Å². The topological polar surface area (TPSA) is 50.7 Å². The molecule has 0 aromatic carbocycles. The molecule has 0 amide bonds. The molecule has 2 rings (SSSR count). The van der Waals surface area contributed by atoms with Gasteiger partial charge in [-0.15, -0.1) is 11.3 Å². The van der Waals surface area contributed by atoms with Gasteiger partial charge in [-0.25, -0.2) is 15.0 Å². The van der Waals surface area contributed by atoms with Crippen LogP contribution in [0.15, 0.2) is 12.4 Å². The summed E-state index contributed by atoms with van der Waals surface area (Å²) in [4.78, 5) is 14.0. The molecule has 84 valence electrons. The first-order chi connectivity index (χ1) is 7.65. The summed E-state index contributed by atoms with van der Waals surface area (Å²) >= 11 is 1.71. The van der Waals surface area contributed by atoms with E-state index in [0.717, 1.165) is 22.8 Å². The maximum Gasteiger partial charge on any atom is 0.222 e. The van der Waals surface area contributed by atoms with Gasteiger partial charge in [0.25, 0.3) is 0 Å². The van der Waals surface area contributed by atoms with Crippen LogP contribution < -0.4 is 5.32 Å². The molecule has 5 heteroatoms. The Morgan fingerprint density at radius 2 is 1.88 bits per heavy atom. The van der Waals surface area contributed by atoms with Crippen molar-refractivity contribution in [3.8, 4) is 0 Å². The van der Waals surface area contributed by atoms with Gasteiger partial charge in [-0.3, -0.25) is 0 Å². The molecule has 16 heavy (non-hydrogen) atoms. The Balaban J connectivity index is 2.02. The van der Waals surface area contributed by atoms with Gasteiger partial charge >= 0.3 is 0 Å². The summed E-state index contributed by atoms with van der Waals surface area (Å²) in [5.41, 5.74) is 2.15. The molecule has 0 saturated heterocycles. The van der Waals surface area contributed by atoms with Crippen LogP contribution in [0.3, 0.4) is 0 Å². The van der Waals surface area contributed by atoms with Crippen molar-refractivity contribution in [1.82, 2.24) is 15.0 Å². The van der Waals surface area contributed by atoms with Crippen LogP contribution in [0.25, 0.3) is 0 Å². The van der Waals surface area contributed by atoms with Crippen LogP contribution in [0.4, 0.5) is 5.95 Å². The zero-order chi connectivity index (χ0) is 11.5. The van der Waals surface area contributed by atoms with Gasteiger partial charge in [0, 0.05) is 17.3 Å². The lowest BCUT2D eigenvalue weighted by Crippen LogP contribution is -2.03. The first-order valence-electron chi connectivity index (χ1n) is 5.10. The van der Waals surface area contributed by atoms with E-state index in [1.807, 2.05) is 20.8 Å². The number of rotatable bonds is 3. The molecule has 0 saturated carbocycles. The third kappa shape index (κ3) is 2.55. The standard InChI is InChI=1S/C11H14N4S/c1-7-4-12-11(13-5-7)14-6-10-8(2)15-9(3)16-10/h4-5H,6H2,1-3H3,(H,12,13,14). The first kappa shape index (κ1) is 11.0. The summed E-state index contributed by atoms with van der Waals surface area (Å²) < 4.78 is 0. The fourth-order valence-electron chi connectivity index (χ4n) is 1.38. The number of anilines is 1. The molecule has 0 fully saturated rings. The number of hydrogen-bond donors (Lipinski definition) is 1. The number of hydrogen-bond acceptors (Lipinski definition) is 5. The maximum absolute atomic E-state index is 4.38. The van der Waals surface area contributed by atoms with Gasteiger partial charge in [-0.05, 0) is 26.3 Å². The molecule has 0 aliphatic heterocycles. The average molecular weight is 234 g/mol. The second-order valence-electron chi connectivity index (χ2n) is 3.68. The van der Waals surface area contributed by atoms with Crippen LogP contribution in [0.2, 0.25) is 0 Å². The van der Waals surface area contributed by atoms with Gasteiger partial charge in [-0.1, -0.05) is 0 Å². The molecule has 4 nitrogen and oxygen atoms in total. The smallest absolute Gasteiger partial charge is 0.222 e. The summed E-state index contributed by atoms with van der Waals surface area (Å²) in [6, 6.07) is 0. The molecule has 0 bridgehead atoms. The van der Waals surface area contributed by atoms with Crippen molar-refractivity contribution in [3.05, 3.63) is 33.5 Å². The number of nitrogens with one attached hydrogen (secondary N) is 1. The van der Waals surface area contributed by atoms with E-state index in [2.05, 4.69) is 20.3 Å². The Morgan fingerprint density at radius 1 is 1.19 bits per heavy atom. The summed E-state index contributed by atoms with van der Waals surface area (Å²) in [5.74, 6) is 0.663. The van der Waals surface area contributed by atoms with Crippen molar-refractivity contribution in [2.24, 2.45) is 0 Å². The second-order valence-corrected chi connectivity index (χ2v) is 4.97. The number of aromatic nitrogens is 3. The molecule has 2 aromatic heterocycles. The Labute approximate surface area is 98.8 Å². The van der Waals surface area contributed by atoms with E-state index in [1.165, 1.54) is 4.88 Å². The summed E-state index contributed by atoms with van der Waals surface area (Å²) in [6.45, 7) is 6.75. The van der Waals surface area contributed by atoms with Gasteiger partial charge in [0.05, 0.1) is 17.2 Å². The summed E-state index contributed by atoms with van der Waals surface area (Å²) in [6.07, 6.45) is 3.61. The Bertz CT molecular complexity index is 475. The third-order valence-corrected chi connectivity index (χ3v) is 3.26. The van der Waals surface area contributed by atoms with Gasteiger partial charge in [0.1, 0.15) is 0 Å². The zero-order valence-electron chi connectivity index (χ0n) is 9.61. The van der Waals surface area contributed by atoms with Gasteiger partial charge < -0.3 is 5.32 Å². The molecule has 0 spiro atoms. The second kappa shape index (κ2) is 4.57. The molecule has 1 N–H and O–H groups in total. The van der Waals surface area contributed by atoms with Crippen LogP contribution in [-0.4, -0.2) is 15.0 Å². The van der Waals surface area contributed by atoms with E-state index in [1.54, 1.807) is 23.7 Å². The predicted octanol–water partition coefficient (Wildman–Crippen LogP) is 2.47. The number of aryl methyl sites for hydroxylation is 3. The minimum Gasteiger partial charge on any atom is -0.349 e. The summed E-state index contributed by atoms with van der Waals surface area (Å²) in [7, 11) is 0. The lowest BCUT2D eigenvalue weighted by Gasteiger charge is -2.02. The molecule has 0 atom stereocenters. The monoisotopic (exact) mass is 234 g/mol. The molecule has 0 radical (unpaired) electrons.